The van der Waals surface area contributed by atoms with Crippen molar-refractivity contribution in [2.75, 3.05) is 5.32 Å². The molecule has 1 aromatic heterocycles. The van der Waals surface area contributed by atoms with Crippen LogP contribution in [0.2, 0.25) is 0 Å². The fraction of sp³-hybridized carbons (Fsp3) is 0.182. The van der Waals surface area contributed by atoms with Gasteiger partial charge in [0, 0.05) is 18.4 Å². The second-order valence-electron chi connectivity index (χ2n) is 6.69. The van der Waals surface area contributed by atoms with Crippen LogP contribution in [0.25, 0.3) is 0 Å². The van der Waals surface area contributed by atoms with Gasteiger partial charge >= 0.3 is 0 Å². The van der Waals surface area contributed by atoms with E-state index < -0.39 is 17.5 Å². The zero-order chi connectivity index (χ0) is 19.6. The number of ketones is 1. The van der Waals surface area contributed by atoms with E-state index in [4.69, 9.17) is 0 Å². The molecular weight excluding hydrogens is 343 g/mol. The van der Waals surface area contributed by atoms with E-state index in [1.165, 1.54) is 17.2 Å². The van der Waals surface area contributed by atoms with Crippen LogP contribution in [-0.4, -0.2) is 16.3 Å². The summed E-state index contributed by atoms with van der Waals surface area (Å²) in [5.41, 5.74) is 4.44. The van der Waals surface area contributed by atoms with Crippen LogP contribution < -0.4 is 5.32 Å². The van der Waals surface area contributed by atoms with Crippen LogP contribution in [0.1, 0.15) is 32.7 Å². The first-order valence-electron chi connectivity index (χ1n) is 8.68. The lowest BCUT2D eigenvalue weighted by atomic mass is 10.1. The molecule has 1 amide bonds. The van der Waals surface area contributed by atoms with Gasteiger partial charge in [-0.05, 0) is 67.3 Å². The molecule has 0 saturated carbocycles. The third-order valence-electron chi connectivity index (χ3n) is 4.62. The van der Waals surface area contributed by atoms with Crippen molar-refractivity contribution in [3.05, 3.63) is 88.5 Å². The van der Waals surface area contributed by atoms with E-state index in [1.807, 2.05) is 26.0 Å². The van der Waals surface area contributed by atoms with Crippen molar-refractivity contribution in [3.63, 3.8) is 0 Å². The molecule has 2 aromatic carbocycles. The summed E-state index contributed by atoms with van der Waals surface area (Å²) in [5.74, 6) is -1.89. The molecule has 0 bridgehead atoms. The first kappa shape index (κ1) is 18.6. The minimum atomic E-state index is -0.793. The molecule has 0 aliphatic rings. The third kappa shape index (κ3) is 4.14. The lowest BCUT2D eigenvalue weighted by molar-refractivity contribution is -0.112. The van der Waals surface area contributed by atoms with Gasteiger partial charge in [-0.25, -0.2) is 4.39 Å². The van der Waals surface area contributed by atoms with E-state index in [2.05, 4.69) is 11.4 Å². The molecule has 1 N–H and O–H groups in total. The van der Waals surface area contributed by atoms with Crippen molar-refractivity contribution in [2.45, 2.75) is 27.3 Å². The minimum Gasteiger partial charge on any atom is -0.340 e. The predicted octanol–water partition coefficient (Wildman–Crippen LogP) is 4.42. The fourth-order valence-corrected chi connectivity index (χ4v) is 2.83. The van der Waals surface area contributed by atoms with Crippen molar-refractivity contribution in [1.29, 1.82) is 0 Å². The van der Waals surface area contributed by atoms with Crippen molar-refractivity contribution < 1.29 is 14.0 Å². The monoisotopic (exact) mass is 364 g/mol. The van der Waals surface area contributed by atoms with E-state index in [0.717, 1.165) is 5.56 Å². The third-order valence-corrected chi connectivity index (χ3v) is 4.62. The second kappa shape index (κ2) is 7.58. The Bertz CT molecular complexity index is 1020. The van der Waals surface area contributed by atoms with Crippen molar-refractivity contribution in [2.24, 2.45) is 0 Å². The molecule has 138 valence electrons. The Morgan fingerprint density at radius 3 is 2.41 bits per heavy atom. The lowest BCUT2D eigenvalue weighted by Gasteiger charge is -2.11. The van der Waals surface area contributed by atoms with Crippen molar-refractivity contribution in [1.82, 2.24) is 4.57 Å². The summed E-state index contributed by atoms with van der Waals surface area (Å²) in [4.78, 5) is 24.9. The average Bonchev–Trinajstić information content (AvgIpc) is 3.08. The normalized spacial score (nSPS) is 10.7. The molecule has 0 radical (unpaired) electrons. The molecular formula is C22H21FN2O2. The van der Waals surface area contributed by atoms with Gasteiger partial charge in [-0.1, -0.05) is 24.3 Å². The Morgan fingerprint density at radius 2 is 1.70 bits per heavy atom. The number of amides is 1. The van der Waals surface area contributed by atoms with E-state index in [9.17, 15) is 14.0 Å². The topological polar surface area (TPSA) is 51.1 Å². The molecule has 0 aliphatic heterocycles. The second-order valence-corrected chi connectivity index (χ2v) is 6.69. The van der Waals surface area contributed by atoms with Crippen molar-refractivity contribution >= 4 is 17.4 Å². The van der Waals surface area contributed by atoms with Crippen LogP contribution in [0.3, 0.4) is 0 Å². The average molecular weight is 364 g/mol. The number of Topliss-reactive ketones (excluding diaryl/α,β-unsaturated/α-hetero) is 1. The molecule has 3 aromatic rings. The summed E-state index contributed by atoms with van der Waals surface area (Å²) in [6.07, 6.45) is 1.77. The summed E-state index contributed by atoms with van der Waals surface area (Å²) in [7, 11) is 0. The lowest BCUT2D eigenvalue weighted by Crippen LogP contribution is -2.25. The molecule has 0 unspecified atom stereocenters. The number of carbonyl (C=O) groups excluding carboxylic acids is 2. The largest absolute Gasteiger partial charge is 0.340 e. The molecule has 27 heavy (non-hydrogen) atoms. The number of nitrogens with one attached hydrogen (secondary N) is 1. The summed E-state index contributed by atoms with van der Waals surface area (Å²) in [6, 6.07) is 13.8. The SMILES string of the molecule is Cc1ccc(Cn2cccc2C(=O)C(=O)Nc2ccc(C)c(F)c2)cc1C. The van der Waals surface area contributed by atoms with Gasteiger partial charge in [0.25, 0.3) is 11.7 Å². The summed E-state index contributed by atoms with van der Waals surface area (Å²) in [6.45, 7) is 6.20. The summed E-state index contributed by atoms with van der Waals surface area (Å²) < 4.78 is 15.4. The zero-order valence-corrected chi connectivity index (χ0v) is 15.5. The number of nitrogens with zero attached hydrogens (tertiary/aromatic N) is 1. The fourth-order valence-electron chi connectivity index (χ4n) is 2.83. The first-order valence-corrected chi connectivity index (χ1v) is 8.68. The van der Waals surface area contributed by atoms with Crippen molar-refractivity contribution in [3.8, 4) is 0 Å². The van der Waals surface area contributed by atoms with Crippen LogP contribution >= 0.6 is 0 Å². The molecule has 0 aliphatic carbocycles. The van der Waals surface area contributed by atoms with Crippen LogP contribution in [0, 0.1) is 26.6 Å². The smallest absolute Gasteiger partial charge is 0.298 e. The van der Waals surface area contributed by atoms with E-state index in [-0.39, 0.29) is 5.69 Å². The Hall–Kier alpha value is -3.21. The number of anilines is 1. The van der Waals surface area contributed by atoms with Crippen LogP contribution in [-0.2, 0) is 11.3 Å². The van der Waals surface area contributed by atoms with Gasteiger partial charge in [0.1, 0.15) is 5.82 Å². The number of carbonyl (C=O) groups is 2. The molecule has 0 saturated heterocycles. The minimum absolute atomic E-state index is 0.253. The maximum atomic E-state index is 13.6. The number of hydrogen-bond acceptors (Lipinski definition) is 2. The van der Waals surface area contributed by atoms with E-state index in [1.54, 1.807) is 42.0 Å². The molecule has 3 rings (SSSR count). The number of halogens is 1. The molecule has 5 heteroatoms. The molecule has 1 heterocycles. The molecule has 0 spiro atoms. The van der Waals surface area contributed by atoms with Crippen LogP contribution in [0.15, 0.2) is 54.7 Å². The molecule has 0 atom stereocenters. The van der Waals surface area contributed by atoms with Gasteiger partial charge in [-0.2, -0.15) is 0 Å². The predicted molar refractivity (Wildman–Crippen MR) is 104 cm³/mol. The Labute approximate surface area is 157 Å². The van der Waals surface area contributed by atoms with Gasteiger partial charge in [0.2, 0.25) is 0 Å². The standard InChI is InChI=1S/C22H21FN2O2/c1-14-6-8-17(11-16(14)3)13-25-10-4-5-20(25)21(26)22(27)24-18-9-7-15(2)19(23)12-18/h4-12H,13H2,1-3H3,(H,24,27). The first-order chi connectivity index (χ1) is 12.8. The number of hydrogen-bond donors (Lipinski definition) is 1. The highest BCUT2D eigenvalue weighted by Gasteiger charge is 2.20. The van der Waals surface area contributed by atoms with Gasteiger partial charge in [-0.3, -0.25) is 9.59 Å². The highest BCUT2D eigenvalue weighted by molar-refractivity contribution is 6.46. The maximum absolute atomic E-state index is 13.6. The summed E-state index contributed by atoms with van der Waals surface area (Å²) in [5, 5.41) is 2.46. The van der Waals surface area contributed by atoms with Crippen LogP contribution in [0.5, 0.6) is 0 Å². The number of rotatable bonds is 5. The van der Waals surface area contributed by atoms with Gasteiger partial charge in [0.05, 0.1) is 5.69 Å². The van der Waals surface area contributed by atoms with Crippen LogP contribution in [0.4, 0.5) is 10.1 Å². The number of aromatic nitrogens is 1. The van der Waals surface area contributed by atoms with Gasteiger partial charge in [0.15, 0.2) is 0 Å². The highest BCUT2D eigenvalue weighted by Crippen LogP contribution is 2.16. The maximum Gasteiger partial charge on any atom is 0.298 e. The molecule has 0 fully saturated rings. The zero-order valence-electron chi connectivity index (χ0n) is 15.5. The number of aryl methyl sites for hydroxylation is 3. The Morgan fingerprint density at radius 1 is 0.963 bits per heavy atom. The number of benzene rings is 2. The highest BCUT2D eigenvalue weighted by atomic mass is 19.1. The quantitative estimate of drug-likeness (QED) is 0.538. The van der Waals surface area contributed by atoms with E-state index >= 15 is 0 Å². The van der Waals surface area contributed by atoms with Gasteiger partial charge in [-0.15, -0.1) is 0 Å². The molecule has 4 nitrogen and oxygen atoms in total. The Kier molecular flexibility index (Phi) is 5.21. The summed E-state index contributed by atoms with van der Waals surface area (Å²) >= 11 is 0. The van der Waals surface area contributed by atoms with Gasteiger partial charge < -0.3 is 9.88 Å². The van der Waals surface area contributed by atoms with E-state index in [0.29, 0.717) is 17.8 Å². The Balaban J connectivity index is 1.77.